The maximum Gasteiger partial charge on any atom is 0.374 e. The molecule has 0 saturated carbocycles. The number of esters is 1. The Morgan fingerprint density at radius 1 is 1.57 bits per heavy atom. The molecule has 0 fully saturated rings. The quantitative estimate of drug-likeness (QED) is 0.557. The Bertz CT molecular complexity index is 293. The molecule has 0 aliphatic heterocycles. The molecule has 1 aromatic heterocycles. The zero-order valence-corrected chi connectivity index (χ0v) is 9.23. The van der Waals surface area contributed by atoms with E-state index in [2.05, 4.69) is 0 Å². The van der Waals surface area contributed by atoms with Crippen LogP contribution < -0.4 is 0 Å². The molecule has 1 heterocycles. The maximum atomic E-state index is 11.3. The molecule has 1 rings (SSSR count). The van der Waals surface area contributed by atoms with Gasteiger partial charge in [0.15, 0.2) is 0 Å². The standard InChI is InChI=1S/C10H14O3S/c1-3-8-4-5-9(13-8)10(11)12-6-7-14-2/h4-5H,3,6-7H2,1-2H3. The summed E-state index contributed by atoms with van der Waals surface area (Å²) in [6, 6.07) is 3.45. The molecular weight excluding hydrogens is 200 g/mol. The van der Waals surface area contributed by atoms with Crippen LogP contribution in [0.2, 0.25) is 0 Å². The molecular formula is C10H14O3S. The molecule has 0 radical (unpaired) electrons. The van der Waals surface area contributed by atoms with Gasteiger partial charge in [0.2, 0.25) is 5.76 Å². The third-order valence-electron chi connectivity index (χ3n) is 1.73. The van der Waals surface area contributed by atoms with E-state index in [4.69, 9.17) is 9.15 Å². The van der Waals surface area contributed by atoms with E-state index in [1.54, 1.807) is 23.9 Å². The Balaban J connectivity index is 2.44. The molecule has 0 amide bonds. The summed E-state index contributed by atoms with van der Waals surface area (Å²) in [5.41, 5.74) is 0. The average Bonchev–Trinajstić information content (AvgIpc) is 2.66. The SMILES string of the molecule is CCc1ccc(C(=O)OCCSC)o1. The minimum atomic E-state index is -0.376. The highest BCUT2D eigenvalue weighted by Gasteiger charge is 2.11. The Morgan fingerprint density at radius 2 is 2.36 bits per heavy atom. The summed E-state index contributed by atoms with van der Waals surface area (Å²) in [5, 5.41) is 0. The lowest BCUT2D eigenvalue weighted by Crippen LogP contribution is -2.06. The minimum absolute atomic E-state index is 0.294. The van der Waals surface area contributed by atoms with Crippen molar-refractivity contribution in [2.24, 2.45) is 0 Å². The molecule has 14 heavy (non-hydrogen) atoms. The number of ether oxygens (including phenoxy) is 1. The van der Waals surface area contributed by atoms with Crippen LogP contribution in [0.1, 0.15) is 23.2 Å². The Morgan fingerprint density at radius 3 is 2.93 bits per heavy atom. The van der Waals surface area contributed by atoms with E-state index in [9.17, 15) is 4.79 Å². The molecule has 0 N–H and O–H groups in total. The summed E-state index contributed by atoms with van der Waals surface area (Å²) < 4.78 is 10.2. The van der Waals surface area contributed by atoms with Gasteiger partial charge in [-0.3, -0.25) is 0 Å². The van der Waals surface area contributed by atoms with Crippen molar-refractivity contribution in [3.05, 3.63) is 23.7 Å². The maximum absolute atomic E-state index is 11.3. The number of thioether (sulfide) groups is 1. The minimum Gasteiger partial charge on any atom is -0.459 e. The van der Waals surface area contributed by atoms with Crippen LogP contribution in [0.5, 0.6) is 0 Å². The first-order chi connectivity index (χ1) is 6.77. The first-order valence-corrected chi connectivity index (χ1v) is 5.92. The molecule has 0 aromatic carbocycles. The van der Waals surface area contributed by atoms with Gasteiger partial charge in [-0.15, -0.1) is 0 Å². The average molecular weight is 214 g/mol. The number of carbonyl (C=O) groups is 1. The fourth-order valence-electron chi connectivity index (χ4n) is 0.966. The predicted octanol–water partition coefficient (Wildman–Crippen LogP) is 2.36. The van der Waals surface area contributed by atoms with Crippen molar-refractivity contribution < 1.29 is 13.9 Å². The van der Waals surface area contributed by atoms with E-state index in [1.807, 2.05) is 13.2 Å². The number of furan rings is 1. The summed E-state index contributed by atoms with van der Waals surface area (Å²) in [6.45, 7) is 2.41. The van der Waals surface area contributed by atoms with Gasteiger partial charge in [0, 0.05) is 12.2 Å². The van der Waals surface area contributed by atoms with Crippen LogP contribution in [0, 0.1) is 0 Å². The summed E-state index contributed by atoms with van der Waals surface area (Å²) in [6.07, 6.45) is 2.76. The van der Waals surface area contributed by atoms with Crippen molar-refractivity contribution in [1.29, 1.82) is 0 Å². The number of carbonyl (C=O) groups excluding carboxylic acids is 1. The van der Waals surface area contributed by atoms with Crippen LogP contribution in [0.15, 0.2) is 16.5 Å². The Labute approximate surface area is 87.8 Å². The third-order valence-corrected chi connectivity index (χ3v) is 2.31. The fraction of sp³-hybridized carbons (Fsp3) is 0.500. The zero-order valence-electron chi connectivity index (χ0n) is 8.41. The smallest absolute Gasteiger partial charge is 0.374 e. The number of rotatable bonds is 5. The molecule has 0 aliphatic carbocycles. The highest BCUT2D eigenvalue weighted by Crippen LogP contribution is 2.09. The van der Waals surface area contributed by atoms with Crippen molar-refractivity contribution in [2.75, 3.05) is 18.6 Å². The van der Waals surface area contributed by atoms with E-state index in [0.29, 0.717) is 12.4 Å². The Kier molecular flexibility index (Phi) is 4.59. The largest absolute Gasteiger partial charge is 0.459 e. The Hall–Kier alpha value is -0.900. The fourth-order valence-corrected chi connectivity index (χ4v) is 1.22. The second kappa shape index (κ2) is 5.75. The third kappa shape index (κ3) is 3.10. The zero-order chi connectivity index (χ0) is 10.4. The van der Waals surface area contributed by atoms with Gasteiger partial charge >= 0.3 is 5.97 Å². The van der Waals surface area contributed by atoms with Crippen molar-refractivity contribution in [2.45, 2.75) is 13.3 Å². The van der Waals surface area contributed by atoms with Crippen molar-refractivity contribution in [3.8, 4) is 0 Å². The number of aryl methyl sites for hydroxylation is 1. The molecule has 1 aromatic rings. The molecule has 0 atom stereocenters. The van der Waals surface area contributed by atoms with Gasteiger partial charge in [-0.2, -0.15) is 11.8 Å². The lowest BCUT2D eigenvalue weighted by Gasteiger charge is -2.00. The van der Waals surface area contributed by atoms with E-state index in [0.717, 1.165) is 17.9 Å². The molecule has 0 unspecified atom stereocenters. The van der Waals surface area contributed by atoms with Crippen LogP contribution in [0.3, 0.4) is 0 Å². The first-order valence-electron chi connectivity index (χ1n) is 4.52. The molecule has 0 aliphatic rings. The van der Waals surface area contributed by atoms with E-state index >= 15 is 0 Å². The molecule has 0 saturated heterocycles. The number of hydrogen-bond donors (Lipinski definition) is 0. The van der Waals surface area contributed by atoms with E-state index < -0.39 is 0 Å². The van der Waals surface area contributed by atoms with Crippen molar-refractivity contribution in [3.63, 3.8) is 0 Å². The summed E-state index contributed by atoms with van der Waals surface area (Å²) in [4.78, 5) is 11.3. The van der Waals surface area contributed by atoms with E-state index in [1.165, 1.54) is 0 Å². The number of hydrogen-bond acceptors (Lipinski definition) is 4. The lowest BCUT2D eigenvalue weighted by atomic mass is 10.3. The topological polar surface area (TPSA) is 39.4 Å². The summed E-state index contributed by atoms with van der Waals surface area (Å²) in [5.74, 6) is 1.54. The van der Waals surface area contributed by atoms with Gasteiger partial charge in [0.25, 0.3) is 0 Å². The molecule has 0 bridgehead atoms. The van der Waals surface area contributed by atoms with Crippen LogP contribution in [-0.4, -0.2) is 24.6 Å². The second-order valence-electron chi connectivity index (χ2n) is 2.75. The normalized spacial score (nSPS) is 10.1. The lowest BCUT2D eigenvalue weighted by molar-refractivity contribution is 0.0492. The first kappa shape index (κ1) is 11.2. The molecule has 4 heteroatoms. The van der Waals surface area contributed by atoms with Crippen molar-refractivity contribution >= 4 is 17.7 Å². The molecule has 0 spiro atoms. The predicted molar refractivity (Wildman–Crippen MR) is 56.8 cm³/mol. The van der Waals surface area contributed by atoms with Crippen LogP contribution >= 0.6 is 11.8 Å². The van der Waals surface area contributed by atoms with Gasteiger partial charge in [0.05, 0.1) is 0 Å². The van der Waals surface area contributed by atoms with Gasteiger partial charge in [-0.25, -0.2) is 4.79 Å². The summed E-state index contributed by atoms with van der Waals surface area (Å²) >= 11 is 1.64. The van der Waals surface area contributed by atoms with Crippen LogP contribution in [0.25, 0.3) is 0 Å². The van der Waals surface area contributed by atoms with Gasteiger partial charge < -0.3 is 9.15 Å². The van der Waals surface area contributed by atoms with Gasteiger partial charge in [-0.1, -0.05) is 6.92 Å². The van der Waals surface area contributed by atoms with Gasteiger partial charge in [-0.05, 0) is 18.4 Å². The molecule has 78 valence electrons. The highest BCUT2D eigenvalue weighted by molar-refractivity contribution is 7.98. The molecule has 3 nitrogen and oxygen atoms in total. The second-order valence-corrected chi connectivity index (χ2v) is 3.73. The summed E-state index contributed by atoms with van der Waals surface area (Å²) in [7, 11) is 0. The van der Waals surface area contributed by atoms with Crippen LogP contribution in [-0.2, 0) is 11.2 Å². The van der Waals surface area contributed by atoms with Crippen molar-refractivity contribution in [1.82, 2.24) is 0 Å². The van der Waals surface area contributed by atoms with E-state index in [-0.39, 0.29) is 5.97 Å². The van der Waals surface area contributed by atoms with Crippen LogP contribution in [0.4, 0.5) is 0 Å². The van der Waals surface area contributed by atoms with Gasteiger partial charge in [0.1, 0.15) is 12.4 Å². The monoisotopic (exact) mass is 214 g/mol. The highest BCUT2D eigenvalue weighted by atomic mass is 32.2.